The third-order valence-corrected chi connectivity index (χ3v) is 5.76. The van der Waals surface area contributed by atoms with Crippen molar-refractivity contribution in [1.29, 1.82) is 0 Å². The van der Waals surface area contributed by atoms with Crippen LogP contribution in [0.2, 0.25) is 0 Å². The number of aliphatic imine (C=N–C) groups is 1. The molecule has 0 bridgehead atoms. The van der Waals surface area contributed by atoms with Gasteiger partial charge < -0.3 is 15.5 Å². The summed E-state index contributed by atoms with van der Waals surface area (Å²) in [5, 5.41) is 7.13. The molecule has 1 saturated carbocycles. The highest BCUT2D eigenvalue weighted by molar-refractivity contribution is 5.79. The van der Waals surface area contributed by atoms with Gasteiger partial charge in [-0.1, -0.05) is 30.3 Å². The molecule has 1 aromatic rings. The van der Waals surface area contributed by atoms with Crippen molar-refractivity contribution < 1.29 is 0 Å². The van der Waals surface area contributed by atoms with Gasteiger partial charge in [-0.2, -0.15) is 0 Å². The van der Waals surface area contributed by atoms with Crippen LogP contribution in [0.1, 0.15) is 37.3 Å². The lowest BCUT2D eigenvalue weighted by atomic mass is 10.1. The molecule has 144 valence electrons. The molecule has 0 spiro atoms. The largest absolute Gasteiger partial charge is 0.355 e. The molecule has 0 amide bonds. The van der Waals surface area contributed by atoms with Gasteiger partial charge in [0.25, 0.3) is 0 Å². The summed E-state index contributed by atoms with van der Waals surface area (Å²) in [6.07, 6.45) is 5.34. The van der Waals surface area contributed by atoms with Gasteiger partial charge in [-0.05, 0) is 64.3 Å². The predicted molar refractivity (Wildman–Crippen MR) is 110 cm³/mol. The van der Waals surface area contributed by atoms with Crippen molar-refractivity contribution in [2.45, 2.75) is 37.8 Å². The Balaban J connectivity index is 1.56. The molecule has 2 unspecified atom stereocenters. The first kappa shape index (κ1) is 19.2. The number of hydrogen-bond donors (Lipinski definition) is 2. The van der Waals surface area contributed by atoms with E-state index in [-0.39, 0.29) is 0 Å². The molecule has 0 aromatic heterocycles. The van der Waals surface area contributed by atoms with Crippen molar-refractivity contribution in [2.75, 3.05) is 47.3 Å². The van der Waals surface area contributed by atoms with E-state index in [0.717, 1.165) is 25.0 Å². The molecule has 5 nitrogen and oxygen atoms in total. The summed E-state index contributed by atoms with van der Waals surface area (Å²) in [6, 6.07) is 11.9. The zero-order valence-corrected chi connectivity index (χ0v) is 16.6. The van der Waals surface area contributed by atoms with Crippen molar-refractivity contribution in [3.8, 4) is 0 Å². The highest BCUT2D eigenvalue weighted by Crippen LogP contribution is 2.34. The van der Waals surface area contributed by atoms with Crippen LogP contribution in [0, 0.1) is 5.92 Å². The number of benzene rings is 1. The molecule has 1 aliphatic heterocycles. The quantitative estimate of drug-likeness (QED) is 0.554. The van der Waals surface area contributed by atoms with Crippen LogP contribution in [0.4, 0.5) is 0 Å². The summed E-state index contributed by atoms with van der Waals surface area (Å²) < 4.78 is 0. The standard InChI is InChI=1S/C21H35N5/c1-22-21(23-15-19(25(2)3)18-11-12-18)24-16-20(26-13-7-8-14-26)17-9-5-4-6-10-17/h4-6,9-10,18-20H,7-8,11-16H2,1-3H3,(H2,22,23,24). The fraction of sp³-hybridized carbons (Fsp3) is 0.667. The molecular formula is C21H35N5. The SMILES string of the molecule is CN=C(NCC(C1CC1)N(C)C)NCC(c1ccccc1)N1CCCC1. The summed E-state index contributed by atoms with van der Waals surface area (Å²) in [5.41, 5.74) is 1.39. The fourth-order valence-corrected chi connectivity index (χ4v) is 4.05. The van der Waals surface area contributed by atoms with Crippen LogP contribution in [0.5, 0.6) is 0 Å². The third-order valence-electron chi connectivity index (χ3n) is 5.76. The summed E-state index contributed by atoms with van der Waals surface area (Å²) in [4.78, 5) is 9.39. The maximum atomic E-state index is 4.45. The average molecular weight is 358 g/mol. The van der Waals surface area contributed by atoms with E-state index in [2.05, 4.69) is 69.9 Å². The van der Waals surface area contributed by atoms with Gasteiger partial charge in [0.15, 0.2) is 5.96 Å². The second-order valence-corrected chi connectivity index (χ2v) is 7.87. The van der Waals surface area contributed by atoms with E-state index < -0.39 is 0 Å². The molecular weight excluding hydrogens is 322 g/mol. The predicted octanol–water partition coefficient (Wildman–Crippen LogP) is 2.33. The Morgan fingerprint density at radius 1 is 1.12 bits per heavy atom. The summed E-state index contributed by atoms with van der Waals surface area (Å²) in [7, 11) is 6.23. The van der Waals surface area contributed by atoms with Gasteiger partial charge in [-0.25, -0.2) is 0 Å². The zero-order chi connectivity index (χ0) is 18.4. The maximum Gasteiger partial charge on any atom is 0.191 e. The molecule has 2 atom stereocenters. The number of hydrogen-bond acceptors (Lipinski definition) is 3. The van der Waals surface area contributed by atoms with E-state index in [4.69, 9.17) is 0 Å². The first-order valence-corrected chi connectivity index (χ1v) is 10.1. The Morgan fingerprint density at radius 2 is 1.77 bits per heavy atom. The first-order chi connectivity index (χ1) is 12.7. The van der Waals surface area contributed by atoms with E-state index in [9.17, 15) is 0 Å². The highest BCUT2D eigenvalue weighted by atomic mass is 15.2. The molecule has 2 fully saturated rings. The van der Waals surface area contributed by atoms with Gasteiger partial charge in [0.1, 0.15) is 0 Å². The summed E-state index contributed by atoms with van der Waals surface area (Å²) in [5.74, 6) is 1.76. The Labute approximate surface area is 158 Å². The van der Waals surface area contributed by atoms with Crippen LogP contribution < -0.4 is 10.6 Å². The van der Waals surface area contributed by atoms with Gasteiger partial charge in [0.2, 0.25) is 0 Å². The van der Waals surface area contributed by atoms with Crippen molar-refractivity contribution in [3.05, 3.63) is 35.9 Å². The van der Waals surface area contributed by atoms with Gasteiger partial charge in [-0.15, -0.1) is 0 Å². The molecule has 2 N–H and O–H groups in total. The number of likely N-dealkylation sites (N-methyl/N-ethyl adjacent to an activating group) is 1. The van der Waals surface area contributed by atoms with Crippen LogP contribution in [-0.4, -0.2) is 69.1 Å². The minimum absolute atomic E-state index is 0.408. The minimum atomic E-state index is 0.408. The average Bonchev–Trinajstić information content (AvgIpc) is 3.34. The van der Waals surface area contributed by atoms with Gasteiger partial charge in [0, 0.05) is 26.2 Å². The number of nitrogens with zero attached hydrogens (tertiary/aromatic N) is 3. The van der Waals surface area contributed by atoms with E-state index in [1.165, 1.54) is 44.3 Å². The molecule has 3 rings (SSSR count). The topological polar surface area (TPSA) is 42.9 Å². The lowest BCUT2D eigenvalue weighted by Crippen LogP contribution is -2.47. The van der Waals surface area contributed by atoms with Crippen molar-refractivity contribution in [2.24, 2.45) is 10.9 Å². The molecule has 5 heteroatoms. The number of guanidine groups is 1. The van der Waals surface area contributed by atoms with Gasteiger partial charge in [0.05, 0.1) is 6.04 Å². The van der Waals surface area contributed by atoms with E-state index in [0.29, 0.717) is 12.1 Å². The van der Waals surface area contributed by atoms with Crippen LogP contribution in [0.15, 0.2) is 35.3 Å². The minimum Gasteiger partial charge on any atom is -0.355 e. The second kappa shape index (κ2) is 9.38. The molecule has 1 saturated heterocycles. The number of likely N-dealkylation sites (tertiary alicyclic amines) is 1. The van der Waals surface area contributed by atoms with Gasteiger partial charge in [-0.3, -0.25) is 9.89 Å². The smallest absolute Gasteiger partial charge is 0.191 e. The Bertz CT molecular complexity index is 559. The monoisotopic (exact) mass is 357 g/mol. The first-order valence-electron chi connectivity index (χ1n) is 10.1. The lowest BCUT2D eigenvalue weighted by molar-refractivity contribution is 0.244. The Hall–Kier alpha value is -1.59. The Kier molecular flexibility index (Phi) is 6.92. The fourth-order valence-electron chi connectivity index (χ4n) is 4.05. The summed E-state index contributed by atoms with van der Waals surface area (Å²) >= 11 is 0. The van der Waals surface area contributed by atoms with Gasteiger partial charge >= 0.3 is 0 Å². The lowest BCUT2D eigenvalue weighted by Gasteiger charge is -2.29. The van der Waals surface area contributed by atoms with Crippen molar-refractivity contribution in [3.63, 3.8) is 0 Å². The van der Waals surface area contributed by atoms with Crippen LogP contribution in [0.25, 0.3) is 0 Å². The Morgan fingerprint density at radius 3 is 2.35 bits per heavy atom. The number of rotatable bonds is 8. The third kappa shape index (κ3) is 5.21. The normalized spacial score (nSPS) is 21.0. The molecule has 0 radical (unpaired) electrons. The van der Waals surface area contributed by atoms with E-state index in [1.807, 2.05) is 7.05 Å². The van der Waals surface area contributed by atoms with Crippen molar-refractivity contribution >= 4 is 5.96 Å². The molecule has 1 aromatic carbocycles. The van der Waals surface area contributed by atoms with E-state index in [1.54, 1.807) is 0 Å². The van der Waals surface area contributed by atoms with Crippen molar-refractivity contribution in [1.82, 2.24) is 20.4 Å². The molecule has 26 heavy (non-hydrogen) atoms. The zero-order valence-electron chi connectivity index (χ0n) is 16.6. The number of nitrogens with one attached hydrogen (secondary N) is 2. The molecule has 2 aliphatic rings. The van der Waals surface area contributed by atoms with Crippen LogP contribution in [0.3, 0.4) is 0 Å². The van der Waals surface area contributed by atoms with E-state index >= 15 is 0 Å². The summed E-state index contributed by atoms with van der Waals surface area (Å²) in [6.45, 7) is 4.23. The van der Waals surface area contributed by atoms with Crippen LogP contribution >= 0.6 is 0 Å². The second-order valence-electron chi connectivity index (χ2n) is 7.87. The molecule has 1 heterocycles. The maximum absolute atomic E-state index is 4.45. The van der Waals surface area contributed by atoms with Crippen LogP contribution in [-0.2, 0) is 0 Å². The molecule has 1 aliphatic carbocycles. The highest BCUT2D eigenvalue weighted by Gasteiger charge is 2.32.